The van der Waals surface area contributed by atoms with Crippen LogP contribution in [0.2, 0.25) is 0 Å². The summed E-state index contributed by atoms with van der Waals surface area (Å²) in [7, 11) is 0. The predicted octanol–water partition coefficient (Wildman–Crippen LogP) is -0.734. The van der Waals surface area contributed by atoms with Crippen molar-refractivity contribution in [2.75, 3.05) is 32.9 Å². The van der Waals surface area contributed by atoms with Gasteiger partial charge in [0.15, 0.2) is 12.1 Å². The molecule has 2 amide bonds. The lowest BCUT2D eigenvalue weighted by atomic mass is 9.91. The molecular weight excluding hydrogens is 680 g/mol. The Balaban J connectivity index is 1.08. The number of esters is 1. The Kier molecular flexibility index (Phi) is 12.2. The average molecular weight is 725 g/mol. The molecule has 1 spiro atoms. The molecule has 2 saturated heterocycles. The minimum Gasteiger partial charge on any atom is -0.456 e. The van der Waals surface area contributed by atoms with Gasteiger partial charge in [0.25, 0.3) is 0 Å². The van der Waals surface area contributed by atoms with E-state index in [0.717, 1.165) is 11.1 Å². The molecule has 2 aliphatic carbocycles. The van der Waals surface area contributed by atoms with Crippen LogP contribution in [0.3, 0.4) is 0 Å². The summed E-state index contributed by atoms with van der Waals surface area (Å²) in [5.74, 6) is -2.30. The summed E-state index contributed by atoms with van der Waals surface area (Å²) in [4.78, 5) is 38.6. The highest BCUT2D eigenvalue weighted by Gasteiger charge is 2.55. The molecule has 52 heavy (non-hydrogen) atoms. The molecule has 0 aromatic heterocycles. The van der Waals surface area contributed by atoms with Gasteiger partial charge in [0.05, 0.1) is 25.4 Å². The number of aliphatic hydroxyl groups is 5. The van der Waals surface area contributed by atoms with Gasteiger partial charge in [-0.05, 0) is 34.9 Å². The van der Waals surface area contributed by atoms with E-state index in [-0.39, 0.29) is 50.6 Å². The van der Waals surface area contributed by atoms with Crippen LogP contribution >= 0.6 is 0 Å². The van der Waals surface area contributed by atoms with E-state index in [9.17, 15) is 34.8 Å². The van der Waals surface area contributed by atoms with Crippen LogP contribution < -0.4 is 10.6 Å². The quantitative estimate of drug-likeness (QED) is 0.127. The maximum atomic E-state index is 13.4. The van der Waals surface area contributed by atoms with Crippen molar-refractivity contribution in [2.45, 2.75) is 80.5 Å². The van der Waals surface area contributed by atoms with Gasteiger partial charge < -0.3 is 59.9 Å². The molecule has 4 aliphatic rings. The van der Waals surface area contributed by atoms with Gasteiger partial charge in [0.1, 0.15) is 42.7 Å². The number of rotatable bonds is 13. The summed E-state index contributed by atoms with van der Waals surface area (Å²) in [6.45, 7) is -0.569. The Bertz CT molecular complexity index is 1620. The summed E-state index contributed by atoms with van der Waals surface area (Å²) < 4.78 is 29.8. The summed E-state index contributed by atoms with van der Waals surface area (Å²) in [6, 6.07) is 14.5. The maximum absolute atomic E-state index is 13.4. The third-order valence-electron chi connectivity index (χ3n) is 9.50. The molecule has 2 aromatic carbocycles. The first-order valence-electron chi connectivity index (χ1n) is 17.3. The summed E-state index contributed by atoms with van der Waals surface area (Å²) in [5.41, 5.74) is 3.53. The normalized spacial score (nSPS) is 29.0. The van der Waals surface area contributed by atoms with Crippen LogP contribution in [0.15, 0.2) is 66.3 Å². The highest BCUT2D eigenvalue weighted by atomic mass is 16.8. The number of amides is 2. The molecule has 6 rings (SSSR count). The van der Waals surface area contributed by atoms with E-state index in [4.69, 9.17) is 28.8 Å². The molecule has 15 heteroatoms. The van der Waals surface area contributed by atoms with Gasteiger partial charge in [0.2, 0.25) is 11.8 Å². The van der Waals surface area contributed by atoms with Gasteiger partial charge in [-0.3, -0.25) is 9.59 Å². The number of hydrogen-bond acceptors (Lipinski definition) is 13. The van der Waals surface area contributed by atoms with Crippen LogP contribution in [-0.4, -0.2) is 131 Å². The van der Waals surface area contributed by atoms with Crippen molar-refractivity contribution in [1.29, 1.82) is 0 Å². The van der Waals surface area contributed by atoms with Crippen molar-refractivity contribution in [3.8, 4) is 0 Å². The van der Waals surface area contributed by atoms with Gasteiger partial charge >= 0.3 is 5.97 Å². The van der Waals surface area contributed by atoms with E-state index in [2.05, 4.69) is 10.6 Å². The van der Waals surface area contributed by atoms with E-state index in [1.807, 2.05) is 24.3 Å². The van der Waals surface area contributed by atoms with Crippen LogP contribution in [0.1, 0.15) is 39.9 Å². The van der Waals surface area contributed by atoms with Gasteiger partial charge in [-0.1, -0.05) is 48.6 Å². The second kappa shape index (κ2) is 16.8. The Labute approximate surface area is 299 Å². The van der Waals surface area contributed by atoms with Crippen LogP contribution in [-0.2, 0) is 46.1 Å². The number of benzene rings is 2. The lowest BCUT2D eigenvalue weighted by Crippen LogP contribution is -2.59. The number of fused-ring (bicyclic) bond motifs is 2. The van der Waals surface area contributed by atoms with Crippen molar-refractivity contribution in [1.82, 2.24) is 10.6 Å². The zero-order valence-electron chi connectivity index (χ0n) is 28.3. The first-order chi connectivity index (χ1) is 25.1. The molecule has 2 aromatic rings. The third kappa shape index (κ3) is 8.60. The van der Waals surface area contributed by atoms with Gasteiger partial charge in [-0.25, -0.2) is 4.79 Å². The summed E-state index contributed by atoms with van der Waals surface area (Å²) in [5, 5.41) is 53.5. The molecule has 280 valence electrons. The third-order valence-corrected chi connectivity index (χ3v) is 9.50. The maximum Gasteiger partial charge on any atom is 0.338 e. The smallest absolute Gasteiger partial charge is 0.338 e. The van der Waals surface area contributed by atoms with Gasteiger partial charge in [-0.2, -0.15) is 0 Å². The number of carbonyl (C=O) groups excluding carboxylic acids is 3. The van der Waals surface area contributed by atoms with Crippen LogP contribution in [0.25, 0.3) is 6.08 Å². The highest BCUT2D eigenvalue weighted by molar-refractivity contribution is 5.94. The minimum absolute atomic E-state index is 0.0221. The van der Waals surface area contributed by atoms with Crippen LogP contribution in [0.4, 0.5) is 0 Å². The largest absolute Gasteiger partial charge is 0.456 e. The van der Waals surface area contributed by atoms with Crippen molar-refractivity contribution in [3.63, 3.8) is 0 Å². The Hall–Kier alpha value is -4.03. The SMILES string of the molecule is O=C(CCNC(=O)C1=C[C@H]2OC3(Cc4ccccc4C3)O[C@H]2[C@H](OC(=O)c2ccc(C=CCO[C@H]3O[C@H](CO)[C@H](O)[C@H](O)[C@H]3O)cc2)C1)NCCO. The topological polar surface area (TPSA) is 223 Å². The number of hydrogen-bond donors (Lipinski definition) is 7. The zero-order valence-corrected chi connectivity index (χ0v) is 28.3. The minimum atomic E-state index is -1.54. The molecule has 0 radical (unpaired) electrons. The summed E-state index contributed by atoms with van der Waals surface area (Å²) in [6.07, 6.45) is -2.86. The van der Waals surface area contributed by atoms with Crippen molar-refractivity contribution in [3.05, 3.63) is 88.5 Å². The second-order valence-electron chi connectivity index (χ2n) is 13.2. The second-order valence-corrected chi connectivity index (χ2v) is 13.2. The fourth-order valence-electron chi connectivity index (χ4n) is 6.82. The average Bonchev–Trinajstić information content (AvgIpc) is 3.70. The number of carbonyl (C=O) groups is 3. The molecule has 15 nitrogen and oxygen atoms in total. The van der Waals surface area contributed by atoms with E-state index < -0.39 is 73.3 Å². The predicted molar refractivity (Wildman–Crippen MR) is 181 cm³/mol. The van der Waals surface area contributed by atoms with E-state index in [0.29, 0.717) is 24.0 Å². The molecule has 8 atom stereocenters. The van der Waals surface area contributed by atoms with Crippen molar-refractivity contribution < 1.29 is 63.6 Å². The highest BCUT2D eigenvalue weighted by Crippen LogP contribution is 2.45. The fourth-order valence-corrected chi connectivity index (χ4v) is 6.82. The molecule has 2 aliphatic heterocycles. The number of nitrogens with one attached hydrogen (secondary N) is 2. The molecule has 2 fully saturated rings. The fraction of sp³-hybridized carbons (Fsp3) is 0.486. The first-order valence-corrected chi connectivity index (χ1v) is 17.3. The van der Waals surface area contributed by atoms with Crippen LogP contribution in [0, 0.1) is 0 Å². The molecule has 0 unspecified atom stereocenters. The standard InChI is InChI=1S/C37H44N2O13/c40-14-13-38-29(42)11-12-39-34(46)25-16-26(33-27(17-25)51-37(52-33)18-23-5-1-2-6-24(23)19-37)49-35(47)22-9-7-21(8-10-22)4-3-15-48-36-32(45)31(44)30(43)28(20-41)50-36/h1-10,17,26-28,30-33,36,40-41,43-45H,11-16,18-20H2,(H,38,42)(H,39,46)/t26-,27-,28-,30+,31+,32-,33+,36+/m1/s1. The lowest BCUT2D eigenvalue weighted by Gasteiger charge is -2.39. The Morgan fingerprint density at radius 2 is 1.63 bits per heavy atom. The van der Waals surface area contributed by atoms with E-state index >= 15 is 0 Å². The Morgan fingerprint density at radius 3 is 2.33 bits per heavy atom. The van der Waals surface area contributed by atoms with E-state index in [1.54, 1.807) is 42.5 Å². The zero-order chi connectivity index (χ0) is 36.8. The first kappa shape index (κ1) is 37.7. The van der Waals surface area contributed by atoms with E-state index in [1.165, 1.54) is 0 Å². The molecule has 2 heterocycles. The van der Waals surface area contributed by atoms with Crippen molar-refractivity contribution in [2.24, 2.45) is 0 Å². The van der Waals surface area contributed by atoms with Gasteiger partial charge in [0, 0.05) is 44.3 Å². The molecule has 0 bridgehead atoms. The monoisotopic (exact) mass is 724 g/mol. The lowest BCUT2D eigenvalue weighted by molar-refractivity contribution is -0.298. The molecule has 7 N–H and O–H groups in total. The van der Waals surface area contributed by atoms with Crippen molar-refractivity contribution >= 4 is 23.9 Å². The molecular formula is C37H44N2O13. The Morgan fingerprint density at radius 1 is 0.904 bits per heavy atom. The number of aliphatic hydroxyl groups excluding tert-OH is 5. The molecule has 0 saturated carbocycles. The number of ether oxygens (including phenoxy) is 5. The van der Waals surface area contributed by atoms with Crippen LogP contribution in [0.5, 0.6) is 0 Å². The van der Waals surface area contributed by atoms with Gasteiger partial charge in [-0.15, -0.1) is 0 Å². The summed E-state index contributed by atoms with van der Waals surface area (Å²) >= 11 is 0.